The Hall–Kier alpha value is -4.01. The second kappa shape index (κ2) is 10.7. The highest BCUT2D eigenvalue weighted by molar-refractivity contribution is 5.70. The van der Waals surface area contributed by atoms with Crippen LogP contribution in [0.1, 0.15) is 40.2 Å². The summed E-state index contributed by atoms with van der Waals surface area (Å²) in [5, 5.41) is 11.5. The standard InChI is InChI=1S/C27H24F3NO5/c28-27(29,30)21-10-11-24(36-22-6-3-4-17(12-22)13-25(32)33)20(14-21)15-31-26(34)35-16-19-9-8-18-5-1-2-7-23(18)19/h1-7,10-12,14,19H,8-9,13,15-16H2,(H,31,34)(H,32,33)/t19-/m1/s1. The van der Waals surface area contributed by atoms with Gasteiger partial charge >= 0.3 is 18.2 Å². The number of carboxylic acids is 1. The molecule has 0 aromatic heterocycles. The molecular weight excluding hydrogens is 475 g/mol. The zero-order valence-corrected chi connectivity index (χ0v) is 19.2. The number of aliphatic carboxylic acids is 1. The van der Waals surface area contributed by atoms with Gasteiger partial charge in [0.25, 0.3) is 0 Å². The Morgan fingerprint density at radius 2 is 1.83 bits per heavy atom. The SMILES string of the molecule is O=C(O)Cc1cccc(Oc2ccc(C(F)(F)F)cc2CNC(=O)OC[C@H]2CCc3ccccc32)c1. The number of hydrogen-bond acceptors (Lipinski definition) is 4. The van der Waals surface area contributed by atoms with Crippen molar-refractivity contribution in [3.05, 3.63) is 94.5 Å². The first kappa shape index (κ1) is 25.1. The first-order valence-electron chi connectivity index (χ1n) is 11.4. The molecule has 1 aliphatic carbocycles. The van der Waals surface area contributed by atoms with Crippen molar-refractivity contribution in [2.45, 2.75) is 37.9 Å². The Bertz CT molecular complexity index is 1260. The minimum absolute atomic E-state index is 0.0810. The molecule has 6 nitrogen and oxygen atoms in total. The third-order valence-electron chi connectivity index (χ3n) is 5.97. The number of carbonyl (C=O) groups is 2. The summed E-state index contributed by atoms with van der Waals surface area (Å²) in [6.07, 6.45) is -3.78. The summed E-state index contributed by atoms with van der Waals surface area (Å²) in [4.78, 5) is 23.3. The third-order valence-corrected chi connectivity index (χ3v) is 5.97. The number of nitrogens with one attached hydrogen (secondary N) is 1. The maximum absolute atomic E-state index is 13.3. The Balaban J connectivity index is 1.44. The molecule has 1 atom stereocenters. The summed E-state index contributed by atoms with van der Waals surface area (Å²) in [5.74, 6) is -0.582. The van der Waals surface area contributed by atoms with Gasteiger partial charge < -0.3 is 19.9 Å². The van der Waals surface area contributed by atoms with Gasteiger partial charge in [-0.15, -0.1) is 0 Å². The maximum Gasteiger partial charge on any atom is 0.416 e. The zero-order chi connectivity index (χ0) is 25.7. The van der Waals surface area contributed by atoms with E-state index in [9.17, 15) is 22.8 Å². The average Bonchev–Trinajstić information content (AvgIpc) is 3.24. The molecule has 3 aromatic rings. The number of alkyl carbamates (subject to hydrolysis) is 1. The van der Waals surface area contributed by atoms with Gasteiger partial charge in [0.2, 0.25) is 0 Å². The van der Waals surface area contributed by atoms with Crippen molar-refractivity contribution in [2.24, 2.45) is 0 Å². The Morgan fingerprint density at radius 1 is 1.03 bits per heavy atom. The van der Waals surface area contributed by atoms with Gasteiger partial charge in [-0.2, -0.15) is 13.2 Å². The van der Waals surface area contributed by atoms with Crippen molar-refractivity contribution in [3.63, 3.8) is 0 Å². The van der Waals surface area contributed by atoms with E-state index in [2.05, 4.69) is 5.32 Å². The summed E-state index contributed by atoms with van der Waals surface area (Å²) in [7, 11) is 0. The highest BCUT2D eigenvalue weighted by atomic mass is 19.4. The van der Waals surface area contributed by atoms with E-state index in [-0.39, 0.29) is 42.6 Å². The highest BCUT2D eigenvalue weighted by Crippen LogP contribution is 2.35. The minimum atomic E-state index is -4.58. The first-order chi connectivity index (χ1) is 17.2. The van der Waals surface area contributed by atoms with Gasteiger partial charge in [0, 0.05) is 18.0 Å². The first-order valence-corrected chi connectivity index (χ1v) is 11.4. The van der Waals surface area contributed by atoms with Crippen LogP contribution in [0.5, 0.6) is 11.5 Å². The molecule has 0 saturated heterocycles. The molecule has 36 heavy (non-hydrogen) atoms. The number of hydrogen-bond donors (Lipinski definition) is 2. The second-order valence-electron chi connectivity index (χ2n) is 8.53. The van der Waals surface area contributed by atoms with E-state index in [4.69, 9.17) is 14.6 Å². The molecule has 0 fully saturated rings. The van der Waals surface area contributed by atoms with Gasteiger partial charge in [0.1, 0.15) is 18.1 Å². The van der Waals surface area contributed by atoms with Crippen molar-refractivity contribution < 1.29 is 37.3 Å². The fraction of sp³-hybridized carbons (Fsp3) is 0.259. The average molecular weight is 499 g/mol. The van der Waals surface area contributed by atoms with E-state index in [1.165, 1.54) is 17.7 Å². The van der Waals surface area contributed by atoms with Gasteiger partial charge in [-0.25, -0.2) is 4.79 Å². The van der Waals surface area contributed by atoms with E-state index >= 15 is 0 Å². The highest BCUT2D eigenvalue weighted by Gasteiger charge is 2.31. The molecule has 1 amide bonds. The quantitative estimate of drug-likeness (QED) is 0.392. The van der Waals surface area contributed by atoms with Crippen molar-refractivity contribution in [1.82, 2.24) is 5.32 Å². The molecule has 3 aromatic carbocycles. The Kier molecular flexibility index (Phi) is 7.47. The molecule has 2 N–H and O–H groups in total. The van der Waals surface area contributed by atoms with Gasteiger partial charge in [-0.05, 0) is 59.9 Å². The molecule has 0 unspecified atom stereocenters. The van der Waals surface area contributed by atoms with Crippen LogP contribution in [-0.2, 0) is 35.1 Å². The van der Waals surface area contributed by atoms with Gasteiger partial charge in [-0.3, -0.25) is 4.79 Å². The zero-order valence-electron chi connectivity index (χ0n) is 19.2. The van der Waals surface area contributed by atoms with Crippen LogP contribution in [0.3, 0.4) is 0 Å². The monoisotopic (exact) mass is 499 g/mol. The van der Waals surface area contributed by atoms with Gasteiger partial charge in [0.15, 0.2) is 0 Å². The summed E-state index contributed by atoms with van der Waals surface area (Å²) in [6.45, 7) is -0.0840. The number of ether oxygens (including phenoxy) is 2. The number of aryl methyl sites for hydroxylation is 1. The lowest BCUT2D eigenvalue weighted by molar-refractivity contribution is -0.138. The molecule has 0 spiro atoms. The third kappa shape index (κ3) is 6.35. The summed E-state index contributed by atoms with van der Waals surface area (Å²) < 4.78 is 51.0. The molecule has 0 bridgehead atoms. The second-order valence-corrected chi connectivity index (χ2v) is 8.53. The van der Waals surface area contributed by atoms with Crippen LogP contribution in [-0.4, -0.2) is 23.8 Å². The number of rotatable bonds is 8. The summed E-state index contributed by atoms with van der Waals surface area (Å²) >= 11 is 0. The van der Waals surface area contributed by atoms with Crippen LogP contribution in [0.2, 0.25) is 0 Å². The van der Waals surface area contributed by atoms with Gasteiger partial charge in [0.05, 0.1) is 12.0 Å². The Labute approximate surface area is 205 Å². The van der Waals surface area contributed by atoms with E-state index in [0.29, 0.717) is 5.56 Å². The topological polar surface area (TPSA) is 84.9 Å². The molecule has 0 saturated carbocycles. The normalized spacial score (nSPS) is 14.7. The number of carbonyl (C=O) groups excluding carboxylic acids is 1. The molecular formula is C27H24F3NO5. The van der Waals surface area contributed by atoms with E-state index in [0.717, 1.165) is 30.5 Å². The lowest BCUT2D eigenvalue weighted by atomic mass is 10.0. The smallest absolute Gasteiger partial charge is 0.416 e. The van der Waals surface area contributed by atoms with Crippen LogP contribution < -0.4 is 10.1 Å². The van der Waals surface area contributed by atoms with Crippen LogP contribution in [0.25, 0.3) is 0 Å². The fourth-order valence-corrected chi connectivity index (χ4v) is 4.23. The van der Waals surface area contributed by atoms with Crippen molar-refractivity contribution in [3.8, 4) is 11.5 Å². The van der Waals surface area contributed by atoms with E-state index in [1.807, 2.05) is 24.3 Å². The summed E-state index contributed by atoms with van der Waals surface area (Å²) in [5.41, 5.74) is 2.05. The molecule has 0 aliphatic heterocycles. The van der Waals surface area contributed by atoms with Gasteiger partial charge in [-0.1, -0.05) is 36.4 Å². The largest absolute Gasteiger partial charge is 0.481 e. The molecule has 188 valence electrons. The molecule has 9 heteroatoms. The number of amides is 1. The Morgan fingerprint density at radius 3 is 2.61 bits per heavy atom. The molecule has 1 aliphatic rings. The molecule has 4 rings (SSSR count). The molecule has 0 heterocycles. The predicted octanol–water partition coefficient (Wildman–Crippen LogP) is 6.08. The number of halogens is 3. The lowest BCUT2D eigenvalue weighted by Gasteiger charge is -2.16. The van der Waals surface area contributed by atoms with Crippen LogP contribution in [0.15, 0.2) is 66.7 Å². The number of benzene rings is 3. The van der Waals surface area contributed by atoms with Crippen molar-refractivity contribution in [1.29, 1.82) is 0 Å². The van der Waals surface area contributed by atoms with Crippen LogP contribution in [0, 0.1) is 0 Å². The van der Waals surface area contributed by atoms with Crippen LogP contribution >= 0.6 is 0 Å². The number of carboxylic acid groups (broad SMARTS) is 1. The fourth-order valence-electron chi connectivity index (χ4n) is 4.23. The van der Waals surface area contributed by atoms with E-state index in [1.54, 1.807) is 18.2 Å². The number of alkyl halides is 3. The lowest BCUT2D eigenvalue weighted by Crippen LogP contribution is -2.25. The summed E-state index contributed by atoms with van der Waals surface area (Å²) in [6, 6.07) is 17.2. The molecule has 0 radical (unpaired) electrons. The van der Waals surface area contributed by atoms with Crippen molar-refractivity contribution >= 4 is 12.1 Å². The van der Waals surface area contributed by atoms with Crippen molar-refractivity contribution in [2.75, 3.05) is 6.61 Å². The number of fused-ring (bicyclic) bond motifs is 1. The predicted molar refractivity (Wildman–Crippen MR) is 125 cm³/mol. The van der Waals surface area contributed by atoms with E-state index < -0.39 is 23.8 Å². The maximum atomic E-state index is 13.3. The minimum Gasteiger partial charge on any atom is -0.481 e. The van der Waals surface area contributed by atoms with Crippen LogP contribution in [0.4, 0.5) is 18.0 Å².